The maximum atomic E-state index is 12.0. The third-order valence-corrected chi connectivity index (χ3v) is 3.50. The van der Waals surface area contributed by atoms with E-state index in [0.717, 1.165) is 0 Å². The molecule has 1 heterocycles. The Morgan fingerprint density at radius 3 is 2.53 bits per heavy atom. The third-order valence-electron chi connectivity index (χ3n) is 3.50. The van der Waals surface area contributed by atoms with Crippen LogP contribution in [0.25, 0.3) is 0 Å². The van der Waals surface area contributed by atoms with Crippen LogP contribution >= 0.6 is 0 Å². The van der Waals surface area contributed by atoms with Crippen LogP contribution in [0.1, 0.15) is 20.3 Å². The number of carbonyl (C=O) groups is 3. The molecule has 0 bridgehead atoms. The number of urea groups is 1. The molecule has 0 aromatic carbocycles. The Hall–Kier alpha value is -1.79. The topological polar surface area (TPSA) is 90.0 Å². The van der Waals surface area contributed by atoms with Crippen molar-refractivity contribution >= 4 is 17.9 Å². The monoisotopic (exact) mass is 271 g/mol. The Kier molecular flexibility index (Phi) is 5.14. The van der Waals surface area contributed by atoms with Crippen LogP contribution in [0.3, 0.4) is 0 Å². The SMILES string of the molecule is CCC(C)[C@H](NC(=O)N1CCN(C)C(=O)C1)C(=O)O. The van der Waals surface area contributed by atoms with Crippen LogP contribution in [-0.2, 0) is 9.59 Å². The van der Waals surface area contributed by atoms with Crippen LogP contribution in [0.5, 0.6) is 0 Å². The number of piperazine rings is 1. The minimum Gasteiger partial charge on any atom is -0.480 e. The van der Waals surface area contributed by atoms with Crippen LogP contribution in [0, 0.1) is 5.92 Å². The molecule has 1 aliphatic rings. The van der Waals surface area contributed by atoms with Gasteiger partial charge in [-0.15, -0.1) is 0 Å². The van der Waals surface area contributed by atoms with Gasteiger partial charge in [-0.2, -0.15) is 0 Å². The van der Waals surface area contributed by atoms with Crippen molar-refractivity contribution in [3.05, 3.63) is 0 Å². The third kappa shape index (κ3) is 3.84. The summed E-state index contributed by atoms with van der Waals surface area (Å²) in [7, 11) is 1.68. The molecular weight excluding hydrogens is 250 g/mol. The van der Waals surface area contributed by atoms with E-state index in [2.05, 4.69) is 5.32 Å². The zero-order valence-corrected chi connectivity index (χ0v) is 11.5. The van der Waals surface area contributed by atoms with Gasteiger partial charge in [0.2, 0.25) is 5.91 Å². The molecule has 1 rings (SSSR count). The summed E-state index contributed by atoms with van der Waals surface area (Å²) in [4.78, 5) is 37.5. The molecule has 1 aliphatic heterocycles. The van der Waals surface area contributed by atoms with Gasteiger partial charge in [-0.3, -0.25) is 4.79 Å². The number of aliphatic carboxylic acids is 1. The largest absolute Gasteiger partial charge is 0.480 e. The number of likely N-dealkylation sites (N-methyl/N-ethyl adjacent to an activating group) is 1. The number of amides is 3. The Morgan fingerprint density at radius 2 is 2.05 bits per heavy atom. The summed E-state index contributed by atoms with van der Waals surface area (Å²) in [5.74, 6) is -1.36. The van der Waals surface area contributed by atoms with E-state index < -0.39 is 18.0 Å². The van der Waals surface area contributed by atoms with Crippen LogP contribution in [0.4, 0.5) is 4.79 Å². The van der Waals surface area contributed by atoms with Crippen LogP contribution in [0.2, 0.25) is 0 Å². The fraction of sp³-hybridized carbons (Fsp3) is 0.750. The van der Waals surface area contributed by atoms with E-state index in [1.165, 1.54) is 4.90 Å². The summed E-state index contributed by atoms with van der Waals surface area (Å²) in [6.07, 6.45) is 0.652. The Labute approximate surface area is 112 Å². The highest BCUT2D eigenvalue weighted by molar-refractivity contribution is 5.87. The second-order valence-electron chi connectivity index (χ2n) is 4.89. The molecule has 1 fully saturated rings. The van der Waals surface area contributed by atoms with Crippen LogP contribution < -0.4 is 5.32 Å². The first-order valence-electron chi connectivity index (χ1n) is 6.39. The minimum absolute atomic E-state index is 0.00478. The number of carboxylic acids is 1. The lowest BCUT2D eigenvalue weighted by molar-refractivity contribution is -0.140. The van der Waals surface area contributed by atoms with Gasteiger partial charge in [-0.1, -0.05) is 20.3 Å². The highest BCUT2D eigenvalue weighted by Crippen LogP contribution is 2.09. The van der Waals surface area contributed by atoms with Crippen molar-refractivity contribution in [2.45, 2.75) is 26.3 Å². The highest BCUT2D eigenvalue weighted by atomic mass is 16.4. The summed E-state index contributed by atoms with van der Waals surface area (Å²) in [5.41, 5.74) is 0. The number of nitrogens with one attached hydrogen (secondary N) is 1. The van der Waals surface area contributed by atoms with Crippen LogP contribution in [-0.4, -0.2) is 65.5 Å². The van der Waals surface area contributed by atoms with E-state index in [1.807, 2.05) is 6.92 Å². The van der Waals surface area contributed by atoms with Gasteiger partial charge in [0.25, 0.3) is 0 Å². The molecule has 2 atom stereocenters. The zero-order chi connectivity index (χ0) is 14.6. The first-order chi connectivity index (χ1) is 8.86. The minimum atomic E-state index is -1.05. The average Bonchev–Trinajstić information content (AvgIpc) is 2.37. The predicted octanol–water partition coefficient (Wildman–Crippen LogP) is -0.0307. The van der Waals surface area contributed by atoms with Gasteiger partial charge >= 0.3 is 12.0 Å². The molecule has 7 heteroatoms. The smallest absolute Gasteiger partial charge is 0.326 e. The molecule has 0 radical (unpaired) electrons. The van der Waals surface area contributed by atoms with Crippen molar-refractivity contribution in [1.29, 1.82) is 0 Å². The number of hydrogen-bond acceptors (Lipinski definition) is 3. The van der Waals surface area contributed by atoms with Crippen molar-refractivity contribution in [2.75, 3.05) is 26.7 Å². The van der Waals surface area contributed by atoms with E-state index in [-0.39, 0.29) is 18.4 Å². The number of nitrogens with zero attached hydrogens (tertiary/aromatic N) is 2. The summed E-state index contributed by atoms with van der Waals surface area (Å²) in [6.45, 7) is 4.52. The molecule has 2 N–H and O–H groups in total. The van der Waals surface area contributed by atoms with Crippen molar-refractivity contribution in [1.82, 2.24) is 15.1 Å². The second-order valence-corrected chi connectivity index (χ2v) is 4.89. The Balaban J connectivity index is 2.62. The van der Waals surface area contributed by atoms with Crippen molar-refractivity contribution in [2.24, 2.45) is 5.92 Å². The first kappa shape index (κ1) is 15.3. The summed E-state index contributed by atoms with van der Waals surface area (Å²) in [5, 5.41) is 11.6. The lowest BCUT2D eigenvalue weighted by Crippen LogP contribution is -2.56. The number of rotatable bonds is 4. The van der Waals surface area contributed by atoms with E-state index in [0.29, 0.717) is 19.5 Å². The quantitative estimate of drug-likeness (QED) is 0.751. The van der Waals surface area contributed by atoms with E-state index >= 15 is 0 Å². The first-order valence-corrected chi connectivity index (χ1v) is 6.39. The van der Waals surface area contributed by atoms with Crippen molar-refractivity contribution in [3.8, 4) is 0 Å². The Bertz CT molecular complexity index is 372. The molecule has 0 saturated carbocycles. The molecule has 0 spiro atoms. The maximum Gasteiger partial charge on any atom is 0.326 e. The van der Waals surface area contributed by atoms with Crippen molar-refractivity contribution < 1.29 is 19.5 Å². The molecule has 0 aromatic heterocycles. The van der Waals surface area contributed by atoms with Gasteiger partial charge in [0.15, 0.2) is 0 Å². The van der Waals surface area contributed by atoms with Crippen molar-refractivity contribution in [3.63, 3.8) is 0 Å². The number of carboxylic acid groups (broad SMARTS) is 1. The van der Waals surface area contributed by atoms with Gasteiger partial charge in [0.05, 0.1) is 0 Å². The summed E-state index contributed by atoms with van der Waals surface area (Å²) in [6, 6.07) is -1.42. The van der Waals surface area contributed by atoms with Gasteiger partial charge in [-0.25, -0.2) is 9.59 Å². The number of hydrogen-bond donors (Lipinski definition) is 2. The van der Waals surface area contributed by atoms with E-state index in [4.69, 9.17) is 5.11 Å². The molecule has 19 heavy (non-hydrogen) atoms. The van der Waals surface area contributed by atoms with Gasteiger partial charge in [-0.05, 0) is 5.92 Å². The summed E-state index contributed by atoms with van der Waals surface area (Å²) >= 11 is 0. The molecule has 1 unspecified atom stereocenters. The van der Waals surface area contributed by atoms with Gasteiger partial charge < -0.3 is 20.2 Å². The fourth-order valence-electron chi connectivity index (χ4n) is 1.84. The highest BCUT2D eigenvalue weighted by Gasteiger charge is 2.30. The van der Waals surface area contributed by atoms with E-state index in [9.17, 15) is 14.4 Å². The fourth-order valence-corrected chi connectivity index (χ4v) is 1.84. The zero-order valence-electron chi connectivity index (χ0n) is 11.5. The normalized spacial score (nSPS) is 19.0. The second kappa shape index (κ2) is 6.40. The Morgan fingerprint density at radius 1 is 1.42 bits per heavy atom. The average molecular weight is 271 g/mol. The van der Waals surface area contributed by atoms with E-state index in [1.54, 1.807) is 18.9 Å². The van der Waals surface area contributed by atoms with Gasteiger partial charge in [0.1, 0.15) is 12.6 Å². The summed E-state index contributed by atoms with van der Waals surface area (Å²) < 4.78 is 0. The standard InChI is InChI=1S/C12H21N3O4/c1-4-8(2)10(11(17)18)13-12(19)15-6-5-14(3)9(16)7-15/h8,10H,4-7H2,1-3H3,(H,13,19)(H,17,18)/t8?,10-/m0/s1. The predicted molar refractivity (Wildman–Crippen MR) is 68.6 cm³/mol. The van der Waals surface area contributed by atoms with Crippen LogP contribution in [0.15, 0.2) is 0 Å². The molecule has 0 aliphatic carbocycles. The molecular formula is C12H21N3O4. The molecule has 3 amide bonds. The molecule has 0 aromatic rings. The van der Waals surface area contributed by atoms with Gasteiger partial charge in [0, 0.05) is 20.1 Å². The lowest BCUT2D eigenvalue weighted by atomic mass is 9.99. The maximum absolute atomic E-state index is 12.0. The lowest BCUT2D eigenvalue weighted by Gasteiger charge is -2.33. The molecule has 108 valence electrons. The molecule has 7 nitrogen and oxygen atoms in total. The number of carbonyl (C=O) groups excluding carboxylic acids is 2. The molecule has 1 saturated heterocycles.